The van der Waals surface area contributed by atoms with E-state index in [4.69, 9.17) is 9.47 Å². The lowest BCUT2D eigenvalue weighted by atomic mass is 10.0. The van der Waals surface area contributed by atoms with E-state index >= 15 is 0 Å². The molecule has 3 aliphatic rings. The summed E-state index contributed by atoms with van der Waals surface area (Å²) in [4.78, 5) is 15.1. The number of nitrogens with zero attached hydrogens (tertiary/aromatic N) is 3. The first-order chi connectivity index (χ1) is 11.7. The highest BCUT2D eigenvalue weighted by atomic mass is 16.5. The van der Waals surface area contributed by atoms with Crippen molar-refractivity contribution < 1.29 is 14.3 Å². The molecule has 1 amide bonds. The Morgan fingerprint density at radius 3 is 3.00 bits per heavy atom. The fourth-order valence-corrected chi connectivity index (χ4v) is 3.94. The summed E-state index contributed by atoms with van der Waals surface area (Å²) >= 11 is 0. The predicted molar refractivity (Wildman–Crippen MR) is 88.9 cm³/mol. The van der Waals surface area contributed by atoms with Crippen molar-refractivity contribution in [2.24, 2.45) is 5.92 Å². The minimum Gasteiger partial charge on any atom is -0.373 e. The number of carbonyl (C=O) groups is 1. The summed E-state index contributed by atoms with van der Waals surface area (Å²) in [5, 5.41) is 4.42. The van der Waals surface area contributed by atoms with Gasteiger partial charge in [0, 0.05) is 19.8 Å². The quantitative estimate of drug-likeness (QED) is 0.827. The highest BCUT2D eigenvalue weighted by molar-refractivity contribution is 5.93. The third-order valence-corrected chi connectivity index (χ3v) is 5.40. The number of carbonyl (C=O) groups excluding carboxylic acids is 1. The third-order valence-electron chi connectivity index (χ3n) is 5.40. The van der Waals surface area contributed by atoms with E-state index in [2.05, 4.69) is 5.10 Å². The number of ether oxygens (including phenoxy) is 2. The lowest BCUT2D eigenvalue weighted by Gasteiger charge is -2.32. The van der Waals surface area contributed by atoms with Crippen LogP contribution in [0.15, 0.2) is 6.07 Å². The van der Waals surface area contributed by atoms with Gasteiger partial charge < -0.3 is 14.4 Å². The van der Waals surface area contributed by atoms with E-state index in [0.29, 0.717) is 18.8 Å². The third kappa shape index (κ3) is 2.97. The van der Waals surface area contributed by atoms with Gasteiger partial charge in [-0.15, -0.1) is 0 Å². The van der Waals surface area contributed by atoms with Gasteiger partial charge in [-0.3, -0.25) is 9.48 Å². The molecule has 3 heterocycles. The maximum Gasteiger partial charge on any atom is 0.272 e. The zero-order valence-electron chi connectivity index (χ0n) is 14.6. The number of rotatable bonds is 5. The molecule has 24 heavy (non-hydrogen) atoms. The lowest BCUT2D eigenvalue weighted by Crippen LogP contribution is -2.44. The largest absolute Gasteiger partial charge is 0.373 e. The van der Waals surface area contributed by atoms with Gasteiger partial charge in [0.1, 0.15) is 17.9 Å². The van der Waals surface area contributed by atoms with Gasteiger partial charge >= 0.3 is 0 Å². The van der Waals surface area contributed by atoms with Gasteiger partial charge in [0.2, 0.25) is 0 Å². The van der Waals surface area contributed by atoms with Crippen molar-refractivity contribution in [3.05, 3.63) is 17.5 Å². The van der Waals surface area contributed by atoms with Gasteiger partial charge in [-0.25, -0.2) is 0 Å². The maximum atomic E-state index is 13.1. The van der Waals surface area contributed by atoms with Crippen LogP contribution < -0.4 is 0 Å². The summed E-state index contributed by atoms with van der Waals surface area (Å²) in [6.45, 7) is 6.87. The van der Waals surface area contributed by atoms with Crippen LogP contribution >= 0.6 is 0 Å². The molecule has 3 atom stereocenters. The number of aryl methyl sites for hydroxylation is 2. The second kappa shape index (κ2) is 6.48. The monoisotopic (exact) mass is 333 g/mol. The molecule has 1 saturated carbocycles. The molecule has 0 unspecified atom stereocenters. The highest BCUT2D eigenvalue weighted by Crippen LogP contribution is 2.34. The first-order valence-corrected chi connectivity index (χ1v) is 9.26. The van der Waals surface area contributed by atoms with Gasteiger partial charge in [0.05, 0.1) is 18.3 Å². The van der Waals surface area contributed by atoms with Crippen molar-refractivity contribution in [1.29, 1.82) is 0 Å². The summed E-state index contributed by atoms with van der Waals surface area (Å²) in [6, 6.07) is 2.03. The average Bonchev–Trinajstić information content (AvgIpc) is 3.24. The molecule has 0 aromatic carbocycles. The van der Waals surface area contributed by atoms with Crippen LogP contribution in [0.25, 0.3) is 0 Å². The molecule has 6 heteroatoms. The molecular weight excluding hydrogens is 306 g/mol. The van der Waals surface area contributed by atoms with E-state index in [1.807, 2.05) is 24.8 Å². The SMILES string of the molecule is CCn1nc(C)cc1C(=O)N1C[C@@H](OCC2CC2)[C@H]2OCCC[C@H]21. The van der Waals surface area contributed by atoms with E-state index in [-0.39, 0.29) is 24.2 Å². The Kier molecular flexibility index (Phi) is 4.35. The highest BCUT2D eigenvalue weighted by Gasteiger charge is 2.47. The number of fused-ring (bicyclic) bond motifs is 1. The van der Waals surface area contributed by atoms with E-state index in [1.54, 1.807) is 4.68 Å². The standard InChI is InChI=1S/C18H27N3O3/c1-3-21-15(9-12(2)19-21)18(22)20-10-16(24-11-13-6-7-13)17-14(20)5-4-8-23-17/h9,13-14,16-17H,3-8,10-11H2,1-2H3/t14-,16-,17+/m1/s1. The molecule has 3 fully saturated rings. The van der Waals surface area contributed by atoms with Crippen LogP contribution in [0.2, 0.25) is 0 Å². The molecule has 0 N–H and O–H groups in total. The minimum atomic E-state index is 0.0129. The van der Waals surface area contributed by atoms with Gasteiger partial charge in [-0.1, -0.05) is 0 Å². The van der Waals surface area contributed by atoms with Crippen molar-refractivity contribution in [3.63, 3.8) is 0 Å². The number of hydrogen-bond acceptors (Lipinski definition) is 4. The van der Waals surface area contributed by atoms with E-state index in [1.165, 1.54) is 12.8 Å². The van der Waals surface area contributed by atoms with Crippen molar-refractivity contribution in [2.45, 2.75) is 64.3 Å². The van der Waals surface area contributed by atoms with E-state index in [9.17, 15) is 4.79 Å². The van der Waals surface area contributed by atoms with E-state index < -0.39 is 0 Å². The molecule has 132 valence electrons. The fourth-order valence-electron chi connectivity index (χ4n) is 3.94. The molecule has 4 rings (SSSR count). The Labute approximate surface area is 143 Å². The van der Waals surface area contributed by atoms with Crippen LogP contribution in [0.1, 0.15) is 48.8 Å². The van der Waals surface area contributed by atoms with Crippen LogP contribution in [0.5, 0.6) is 0 Å². The molecule has 1 aromatic rings. The average molecular weight is 333 g/mol. The number of hydrogen-bond donors (Lipinski definition) is 0. The molecule has 2 aliphatic heterocycles. The second-order valence-electron chi connectivity index (χ2n) is 7.30. The fraction of sp³-hybridized carbons (Fsp3) is 0.778. The molecule has 6 nitrogen and oxygen atoms in total. The normalized spacial score (nSPS) is 29.8. The smallest absolute Gasteiger partial charge is 0.272 e. The summed E-state index contributed by atoms with van der Waals surface area (Å²) < 4.78 is 13.9. The molecule has 0 spiro atoms. The van der Waals surface area contributed by atoms with Crippen molar-refractivity contribution >= 4 is 5.91 Å². The number of likely N-dealkylation sites (tertiary alicyclic amines) is 1. The first-order valence-electron chi connectivity index (χ1n) is 9.26. The van der Waals surface area contributed by atoms with Gasteiger partial charge in [0.15, 0.2) is 0 Å². The lowest BCUT2D eigenvalue weighted by molar-refractivity contribution is -0.0781. The number of aromatic nitrogens is 2. The Bertz CT molecular complexity index is 611. The first kappa shape index (κ1) is 16.1. The summed E-state index contributed by atoms with van der Waals surface area (Å²) in [5.74, 6) is 0.788. The molecule has 0 bridgehead atoms. The summed E-state index contributed by atoms with van der Waals surface area (Å²) in [6.07, 6.45) is 4.60. The molecule has 1 aromatic heterocycles. The Morgan fingerprint density at radius 1 is 1.42 bits per heavy atom. The number of amides is 1. The van der Waals surface area contributed by atoms with Crippen LogP contribution in [-0.2, 0) is 16.0 Å². The maximum absolute atomic E-state index is 13.1. The summed E-state index contributed by atoms with van der Waals surface area (Å²) in [7, 11) is 0. The van der Waals surface area contributed by atoms with E-state index in [0.717, 1.165) is 37.7 Å². The second-order valence-corrected chi connectivity index (χ2v) is 7.30. The van der Waals surface area contributed by atoms with Crippen LogP contribution in [-0.4, -0.2) is 58.6 Å². The zero-order valence-corrected chi connectivity index (χ0v) is 14.6. The van der Waals surface area contributed by atoms with Gasteiger partial charge in [0.25, 0.3) is 5.91 Å². The van der Waals surface area contributed by atoms with Crippen molar-refractivity contribution in [1.82, 2.24) is 14.7 Å². The summed E-state index contributed by atoms with van der Waals surface area (Å²) in [5.41, 5.74) is 1.57. The van der Waals surface area contributed by atoms with Crippen molar-refractivity contribution in [2.75, 3.05) is 19.8 Å². The van der Waals surface area contributed by atoms with Gasteiger partial charge in [-0.2, -0.15) is 5.10 Å². The molecule has 2 saturated heterocycles. The molecule has 1 aliphatic carbocycles. The predicted octanol–water partition coefficient (Wildman–Crippen LogP) is 2.01. The Morgan fingerprint density at radius 2 is 2.25 bits per heavy atom. The molecule has 0 radical (unpaired) electrons. The Hall–Kier alpha value is -1.40. The molecular formula is C18H27N3O3. The van der Waals surface area contributed by atoms with Crippen LogP contribution in [0.4, 0.5) is 0 Å². The minimum absolute atomic E-state index is 0.0129. The van der Waals surface area contributed by atoms with Crippen molar-refractivity contribution in [3.8, 4) is 0 Å². The Balaban J connectivity index is 1.53. The van der Waals surface area contributed by atoms with Crippen LogP contribution in [0.3, 0.4) is 0 Å². The van der Waals surface area contributed by atoms with Crippen LogP contribution in [0, 0.1) is 12.8 Å². The zero-order chi connectivity index (χ0) is 16.7. The van der Waals surface area contributed by atoms with Gasteiger partial charge in [-0.05, 0) is 51.5 Å². The topological polar surface area (TPSA) is 56.6 Å².